The third-order valence-corrected chi connectivity index (χ3v) is 3.06. The summed E-state index contributed by atoms with van der Waals surface area (Å²) in [6, 6.07) is 1.54. The SMILES string of the molecule is COCCN(C(=O)c1cnccc1Cl)C(C)COC. The standard InChI is InChI=1S/C13H19ClN2O3/c1-10(9-19-3)16(6-7-18-2)13(17)11-8-15-5-4-12(11)14/h4-5,8,10H,6-7,9H2,1-3H3. The highest BCUT2D eigenvalue weighted by Gasteiger charge is 2.23. The molecule has 0 fully saturated rings. The molecule has 0 N–H and O–H groups in total. The van der Waals surface area contributed by atoms with Crippen molar-refractivity contribution < 1.29 is 14.3 Å². The summed E-state index contributed by atoms with van der Waals surface area (Å²) < 4.78 is 10.1. The summed E-state index contributed by atoms with van der Waals surface area (Å²) in [4.78, 5) is 18.1. The minimum Gasteiger partial charge on any atom is -0.383 e. The number of carbonyl (C=O) groups excluding carboxylic acids is 1. The lowest BCUT2D eigenvalue weighted by Crippen LogP contribution is -2.43. The molecule has 0 bridgehead atoms. The van der Waals surface area contributed by atoms with Gasteiger partial charge in [0.1, 0.15) is 0 Å². The van der Waals surface area contributed by atoms with Gasteiger partial charge in [0.15, 0.2) is 0 Å². The Labute approximate surface area is 118 Å². The highest BCUT2D eigenvalue weighted by Crippen LogP contribution is 2.17. The summed E-state index contributed by atoms with van der Waals surface area (Å²) in [6.45, 7) is 3.30. The van der Waals surface area contributed by atoms with E-state index in [0.717, 1.165) is 0 Å². The molecule has 5 nitrogen and oxygen atoms in total. The maximum atomic E-state index is 12.5. The third kappa shape index (κ3) is 4.45. The number of methoxy groups -OCH3 is 2. The fourth-order valence-corrected chi connectivity index (χ4v) is 1.92. The molecule has 0 aromatic carbocycles. The van der Waals surface area contributed by atoms with Crippen molar-refractivity contribution in [2.75, 3.05) is 34.0 Å². The van der Waals surface area contributed by atoms with E-state index in [0.29, 0.717) is 30.3 Å². The number of aromatic nitrogens is 1. The van der Waals surface area contributed by atoms with Gasteiger partial charge in [-0.2, -0.15) is 0 Å². The molecule has 19 heavy (non-hydrogen) atoms. The number of ether oxygens (including phenoxy) is 2. The molecule has 0 aliphatic rings. The van der Waals surface area contributed by atoms with Crippen molar-refractivity contribution in [3.63, 3.8) is 0 Å². The van der Waals surface area contributed by atoms with Crippen LogP contribution in [-0.2, 0) is 9.47 Å². The van der Waals surface area contributed by atoms with E-state index in [1.807, 2.05) is 6.92 Å². The Morgan fingerprint density at radius 3 is 2.79 bits per heavy atom. The molecule has 0 aliphatic carbocycles. The summed E-state index contributed by atoms with van der Waals surface area (Å²) in [6.07, 6.45) is 3.03. The van der Waals surface area contributed by atoms with Crippen LogP contribution in [0.4, 0.5) is 0 Å². The first-order valence-electron chi connectivity index (χ1n) is 6.00. The Bertz CT molecular complexity index is 415. The number of pyridine rings is 1. The van der Waals surface area contributed by atoms with E-state index < -0.39 is 0 Å². The van der Waals surface area contributed by atoms with E-state index in [9.17, 15) is 4.79 Å². The molecule has 6 heteroatoms. The van der Waals surface area contributed by atoms with Crippen LogP contribution in [0, 0.1) is 0 Å². The van der Waals surface area contributed by atoms with Crippen molar-refractivity contribution >= 4 is 17.5 Å². The van der Waals surface area contributed by atoms with Gasteiger partial charge in [-0.1, -0.05) is 11.6 Å². The zero-order valence-electron chi connectivity index (χ0n) is 11.4. The van der Waals surface area contributed by atoms with Crippen molar-refractivity contribution in [2.45, 2.75) is 13.0 Å². The third-order valence-electron chi connectivity index (χ3n) is 2.74. The van der Waals surface area contributed by atoms with Crippen LogP contribution in [0.15, 0.2) is 18.5 Å². The average Bonchev–Trinajstić information content (AvgIpc) is 2.39. The number of halogens is 1. The second-order valence-electron chi connectivity index (χ2n) is 4.15. The molecule has 1 atom stereocenters. The van der Waals surface area contributed by atoms with Crippen molar-refractivity contribution in [1.82, 2.24) is 9.88 Å². The lowest BCUT2D eigenvalue weighted by atomic mass is 10.2. The Morgan fingerprint density at radius 2 is 2.21 bits per heavy atom. The Morgan fingerprint density at radius 1 is 1.47 bits per heavy atom. The van der Waals surface area contributed by atoms with Crippen LogP contribution in [0.5, 0.6) is 0 Å². The Balaban J connectivity index is 2.90. The van der Waals surface area contributed by atoms with Crippen LogP contribution in [0.1, 0.15) is 17.3 Å². The zero-order valence-corrected chi connectivity index (χ0v) is 12.2. The molecular formula is C13H19ClN2O3. The van der Waals surface area contributed by atoms with Gasteiger partial charge in [0, 0.05) is 33.2 Å². The maximum Gasteiger partial charge on any atom is 0.257 e. The summed E-state index contributed by atoms with van der Waals surface area (Å²) in [5.41, 5.74) is 0.392. The predicted molar refractivity (Wildman–Crippen MR) is 73.5 cm³/mol. The average molecular weight is 287 g/mol. The molecule has 1 amide bonds. The van der Waals surface area contributed by atoms with Gasteiger partial charge in [0.05, 0.1) is 29.8 Å². The van der Waals surface area contributed by atoms with Crippen LogP contribution in [0.25, 0.3) is 0 Å². The van der Waals surface area contributed by atoms with Gasteiger partial charge < -0.3 is 14.4 Å². The zero-order chi connectivity index (χ0) is 14.3. The predicted octanol–water partition coefficient (Wildman–Crippen LogP) is 1.86. The summed E-state index contributed by atoms with van der Waals surface area (Å²) in [5, 5.41) is 0.395. The number of carbonyl (C=O) groups is 1. The number of amides is 1. The second kappa shape index (κ2) is 8.09. The highest BCUT2D eigenvalue weighted by molar-refractivity contribution is 6.33. The molecule has 0 saturated carbocycles. The van der Waals surface area contributed by atoms with E-state index in [2.05, 4.69) is 4.98 Å². The van der Waals surface area contributed by atoms with Crippen molar-refractivity contribution in [3.8, 4) is 0 Å². The van der Waals surface area contributed by atoms with E-state index in [1.165, 1.54) is 6.20 Å². The normalized spacial score (nSPS) is 12.2. The van der Waals surface area contributed by atoms with Crippen LogP contribution >= 0.6 is 11.6 Å². The topological polar surface area (TPSA) is 51.7 Å². The van der Waals surface area contributed by atoms with E-state index >= 15 is 0 Å². The molecule has 0 spiro atoms. The van der Waals surface area contributed by atoms with Crippen molar-refractivity contribution in [1.29, 1.82) is 0 Å². The fraction of sp³-hybridized carbons (Fsp3) is 0.538. The Kier molecular flexibility index (Phi) is 6.77. The quantitative estimate of drug-likeness (QED) is 0.768. The number of rotatable bonds is 7. The number of nitrogens with zero attached hydrogens (tertiary/aromatic N) is 2. The van der Waals surface area contributed by atoms with Crippen LogP contribution < -0.4 is 0 Å². The first-order valence-corrected chi connectivity index (χ1v) is 6.38. The van der Waals surface area contributed by atoms with E-state index in [1.54, 1.807) is 31.4 Å². The molecule has 1 heterocycles. The van der Waals surface area contributed by atoms with Gasteiger partial charge in [-0.15, -0.1) is 0 Å². The van der Waals surface area contributed by atoms with Crippen LogP contribution in [0.2, 0.25) is 5.02 Å². The van der Waals surface area contributed by atoms with Crippen LogP contribution in [0.3, 0.4) is 0 Å². The highest BCUT2D eigenvalue weighted by atomic mass is 35.5. The number of hydrogen-bond acceptors (Lipinski definition) is 4. The molecule has 1 rings (SSSR count). The Hall–Kier alpha value is -1.17. The van der Waals surface area contributed by atoms with E-state index in [4.69, 9.17) is 21.1 Å². The van der Waals surface area contributed by atoms with Gasteiger partial charge in [-0.25, -0.2) is 0 Å². The van der Waals surface area contributed by atoms with Gasteiger partial charge in [0.25, 0.3) is 5.91 Å². The molecule has 0 aliphatic heterocycles. The number of hydrogen-bond donors (Lipinski definition) is 0. The van der Waals surface area contributed by atoms with Crippen molar-refractivity contribution in [3.05, 3.63) is 29.0 Å². The molecule has 1 aromatic rings. The van der Waals surface area contributed by atoms with Gasteiger partial charge in [-0.05, 0) is 13.0 Å². The van der Waals surface area contributed by atoms with Gasteiger partial charge >= 0.3 is 0 Å². The largest absolute Gasteiger partial charge is 0.383 e. The molecule has 0 radical (unpaired) electrons. The minimum absolute atomic E-state index is 0.0658. The van der Waals surface area contributed by atoms with Crippen LogP contribution in [-0.4, -0.2) is 55.8 Å². The first kappa shape index (κ1) is 15.9. The summed E-state index contributed by atoms with van der Waals surface area (Å²) in [7, 11) is 3.20. The monoisotopic (exact) mass is 286 g/mol. The lowest BCUT2D eigenvalue weighted by Gasteiger charge is -2.28. The van der Waals surface area contributed by atoms with Gasteiger partial charge in [0.2, 0.25) is 0 Å². The molecule has 106 valence electrons. The van der Waals surface area contributed by atoms with E-state index in [-0.39, 0.29) is 11.9 Å². The molecule has 0 saturated heterocycles. The van der Waals surface area contributed by atoms with Gasteiger partial charge in [-0.3, -0.25) is 9.78 Å². The smallest absolute Gasteiger partial charge is 0.257 e. The maximum absolute atomic E-state index is 12.5. The molecule has 1 unspecified atom stereocenters. The summed E-state index contributed by atoms with van der Waals surface area (Å²) >= 11 is 6.03. The van der Waals surface area contributed by atoms with Crippen molar-refractivity contribution in [2.24, 2.45) is 0 Å². The molecular weight excluding hydrogens is 268 g/mol. The molecule has 1 aromatic heterocycles. The fourth-order valence-electron chi connectivity index (χ4n) is 1.73. The second-order valence-corrected chi connectivity index (χ2v) is 4.56. The minimum atomic E-state index is -0.167. The summed E-state index contributed by atoms with van der Waals surface area (Å²) in [5.74, 6) is -0.167. The first-order chi connectivity index (χ1) is 9.11. The lowest BCUT2D eigenvalue weighted by molar-refractivity contribution is 0.0479.